The highest BCUT2D eigenvalue weighted by molar-refractivity contribution is 6.74. The summed E-state index contributed by atoms with van der Waals surface area (Å²) in [5.74, 6) is 0.446. The van der Waals surface area contributed by atoms with E-state index in [9.17, 15) is 4.79 Å². The second kappa shape index (κ2) is 12.6. The largest absolute Gasteiger partial charge is 0.413 e. The molecule has 5 heteroatoms. The highest BCUT2D eigenvalue weighted by Gasteiger charge is 2.39. The normalized spacial score (nSPS) is 14.6. The highest BCUT2D eigenvalue weighted by atomic mass is 28.4. The first-order valence-electron chi connectivity index (χ1n) is 10.9. The summed E-state index contributed by atoms with van der Waals surface area (Å²) >= 11 is 0. The minimum Gasteiger partial charge on any atom is -0.413 e. The van der Waals surface area contributed by atoms with Gasteiger partial charge >= 0.3 is 0 Å². The van der Waals surface area contributed by atoms with Crippen molar-refractivity contribution in [3.63, 3.8) is 0 Å². The maximum absolute atomic E-state index is 12.6. The molecule has 29 heavy (non-hydrogen) atoms. The summed E-state index contributed by atoms with van der Waals surface area (Å²) in [5.41, 5.74) is 1.13. The van der Waals surface area contributed by atoms with Crippen molar-refractivity contribution in [3.8, 4) is 0 Å². The third kappa shape index (κ3) is 10.5. The molecule has 0 radical (unpaired) electrons. The van der Waals surface area contributed by atoms with E-state index in [1.165, 1.54) is 0 Å². The van der Waals surface area contributed by atoms with Crippen LogP contribution in [0.3, 0.4) is 0 Å². The Hall–Kier alpha value is -1.01. The Bertz CT molecular complexity index is 580. The molecule has 0 saturated carbocycles. The van der Waals surface area contributed by atoms with Crippen LogP contribution in [0, 0.1) is 5.92 Å². The number of ether oxygens (including phenoxy) is 2. The fourth-order valence-electron chi connectivity index (χ4n) is 2.94. The molecule has 2 atom stereocenters. The van der Waals surface area contributed by atoms with Crippen LogP contribution in [0.25, 0.3) is 0 Å². The van der Waals surface area contributed by atoms with E-state index in [2.05, 4.69) is 47.7 Å². The minimum atomic E-state index is -1.86. The number of ketones is 1. The molecule has 0 N–H and O–H groups in total. The smallest absolute Gasteiger partial charge is 0.192 e. The van der Waals surface area contributed by atoms with Gasteiger partial charge in [0.2, 0.25) is 0 Å². The summed E-state index contributed by atoms with van der Waals surface area (Å²) in [6.07, 6.45) is 3.05. The molecule has 0 aliphatic heterocycles. The average molecular weight is 423 g/mol. The number of hydrogen-bond acceptors (Lipinski definition) is 4. The minimum absolute atomic E-state index is 0.0377. The van der Waals surface area contributed by atoms with E-state index in [1.54, 1.807) is 0 Å². The van der Waals surface area contributed by atoms with Gasteiger partial charge in [0.15, 0.2) is 8.32 Å². The van der Waals surface area contributed by atoms with Crippen molar-refractivity contribution in [2.45, 2.75) is 91.1 Å². The Labute approximate surface area is 179 Å². The van der Waals surface area contributed by atoms with Crippen LogP contribution >= 0.6 is 0 Å². The first-order chi connectivity index (χ1) is 13.5. The zero-order valence-corrected chi connectivity index (χ0v) is 20.6. The molecular weight excluding hydrogens is 380 g/mol. The van der Waals surface area contributed by atoms with Crippen molar-refractivity contribution in [1.29, 1.82) is 0 Å². The van der Waals surface area contributed by atoms with E-state index in [0.29, 0.717) is 26.1 Å². The molecule has 1 rings (SSSR count). The Morgan fingerprint density at radius 2 is 1.72 bits per heavy atom. The van der Waals surface area contributed by atoms with Gasteiger partial charge in [-0.05, 0) is 36.0 Å². The Kier molecular flexibility index (Phi) is 11.3. The quantitative estimate of drug-likeness (QED) is 0.199. The lowest BCUT2D eigenvalue weighted by Gasteiger charge is -2.39. The second-order valence-corrected chi connectivity index (χ2v) is 14.4. The van der Waals surface area contributed by atoms with Gasteiger partial charge in [0.25, 0.3) is 0 Å². The van der Waals surface area contributed by atoms with Gasteiger partial charge < -0.3 is 13.9 Å². The van der Waals surface area contributed by atoms with Gasteiger partial charge in [-0.1, -0.05) is 71.4 Å². The van der Waals surface area contributed by atoms with Gasteiger partial charge in [0, 0.05) is 12.8 Å². The van der Waals surface area contributed by atoms with Crippen LogP contribution in [0.4, 0.5) is 0 Å². The van der Waals surface area contributed by atoms with Gasteiger partial charge in [0.1, 0.15) is 12.6 Å². The molecule has 166 valence electrons. The second-order valence-electron chi connectivity index (χ2n) is 9.66. The van der Waals surface area contributed by atoms with E-state index >= 15 is 0 Å². The number of carbonyl (C=O) groups excluding carboxylic acids is 1. The van der Waals surface area contributed by atoms with E-state index in [-0.39, 0.29) is 29.6 Å². The average Bonchev–Trinajstić information content (AvgIpc) is 2.61. The van der Waals surface area contributed by atoms with Crippen molar-refractivity contribution in [2.24, 2.45) is 5.92 Å². The third-order valence-electron chi connectivity index (χ3n) is 5.59. The zero-order valence-electron chi connectivity index (χ0n) is 19.6. The molecule has 0 amide bonds. The third-order valence-corrected chi connectivity index (χ3v) is 10.1. The Morgan fingerprint density at radius 3 is 2.31 bits per heavy atom. The van der Waals surface area contributed by atoms with E-state index < -0.39 is 8.32 Å². The van der Waals surface area contributed by atoms with Crippen LogP contribution in [0.15, 0.2) is 30.3 Å². The lowest BCUT2D eigenvalue weighted by Crippen LogP contribution is -2.44. The van der Waals surface area contributed by atoms with Gasteiger partial charge in [-0.3, -0.25) is 4.79 Å². The van der Waals surface area contributed by atoms with Gasteiger partial charge in [-0.25, -0.2) is 0 Å². The molecule has 0 unspecified atom stereocenters. The van der Waals surface area contributed by atoms with Crippen LogP contribution in [-0.4, -0.2) is 33.6 Å². The topological polar surface area (TPSA) is 44.8 Å². The summed E-state index contributed by atoms with van der Waals surface area (Å²) in [6.45, 7) is 16.8. The standard InChI is InChI=1S/C24H42O4Si/c1-8-12-23(28-29(6,7)24(3,4)5)16-22(25)15-20(2)17-26-19-27-18-21-13-10-9-11-14-21/h9-11,13-14,20,23H,8,12,15-19H2,1-7H3/t20-,23-/m1/s1. The number of rotatable bonds is 14. The van der Waals surface area contributed by atoms with Crippen molar-refractivity contribution >= 4 is 14.1 Å². The predicted octanol–water partition coefficient (Wildman–Crippen LogP) is 6.35. The molecular formula is C24H42O4Si. The van der Waals surface area contributed by atoms with E-state index in [1.807, 2.05) is 30.3 Å². The molecule has 0 heterocycles. The van der Waals surface area contributed by atoms with Crippen LogP contribution in [0.1, 0.15) is 65.9 Å². The molecule has 0 saturated heterocycles. The van der Waals surface area contributed by atoms with Crippen LogP contribution in [-0.2, 0) is 25.3 Å². The number of benzene rings is 1. The van der Waals surface area contributed by atoms with Crippen molar-refractivity contribution in [3.05, 3.63) is 35.9 Å². The molecule has 0 aliphatic rings. The van der Waals surface area contributed by atoms with Crippen molar-refractivity contribution < 1.29 is 18.7 Å². The molecule has 1 aromatic carbocycles. The predicted molar refractivity (Wildman–Crippen MR) is 122 cm³/mol. The molecule has 0 bridgehead atoms. The summed E-state index contributed by atoms with van der Waals surface area (Å²) in [4.78, 5) is 12.6. The number of hydrogen-bond donors (Lipinski definition) is 0. The first kappa shape index (κ1) is 26.0. The maximum atomic E-state index is 12.6. The van der Waals surface area contributed by atoms with Gasteiger partial charge in [0.05, 0.1) is 19.3 Å². The van der Waals surface area contributed by atoms with E-state index in [0.717, 1.165) is 18.4 Å². The van der Waals surface area contributed by atoms with Crippen molar-refractivity contribution in [1.82, 2.24) is 0 Å². The first-order valence-corrected chi connectivity index (χ1v) is 13.8. The Morgan fingerprint density at radius 1 is 1.07 bits per heavy atom. The van der Waals surface area contributed by atoms with Crippen LogP contribution in [0.2, 0.25) is 18.1 Å². The number of carbonyl (C=O) groups is 1. The Balaban J connectivity index is 2.32. The molecule has 0 fully saturated rings. The summed E-state index contributed by atoms with van der Waals surface area (Å²) in [7, 11) is -1.86. The maximum Gasteiger partial charge on any atom is 0.192 e. The van der Waals surface area contributed by atoms with Crippen molar-refractivity contribution in [2.75, 3.05) is 13.4 Å². The van der Waals surface area contributed by atoms with E-state index in [4.69, 9.17) is 13.9 Å². The fourth-order valence-corrected chi connectivity index (χ4v) is 4.33. The molecule has 0 aliphatic carbocycles. The lowest BCUT2D eigenvalue weighted by molar-refractivity contribution is -0.123. The van der Waals surface area contributed by atoms with Gasteiger partial charge in [-0.15, -0.1) is 0 Å². The van der Waals surface area contributed by atoms with Crippen LogP contribution < -0.4 is 0 Å². The molecule has 0 spiro atoms. The number of Topliss-reactive ketones (excluding diaryl/α,β-unsaturated/α-hetero) is 1. The fraction of sp³-hybridized carbons (Fsp3) is 0.708. The monoisotopic (exact) mass is 422 g/mol. The molecule has 1 aromatic rings. The summed E-state index contributed by atoms with van der Waals surface area (Å²) in [6, 6.07) is 10.0. The summed E-state index contributed by atoms with van der Waals surface area (Å²) in [5, 5.41) is 0.156. The highest BCUT2D eigenvalue weighted by Crippen LogP contribution is 2.38. The molecule has 4 nitrogen and oxygen atoms in total. The van der Waals surface area contributed by atoms with Gasteiger partial charge in [-0.2, -0.15) is 0 Å². The lowest BCUT2D eigenvalue weighted by atomic mass is 10.0. The summed E-state index contributed by atoms with van der Waals surface area (Å²) < 4.78 is 17.6. The van der Waals surface area contributed by atoms with Crippen LogP contribution in [0.5, 0.6) is 0 Å². The zero-order chi connectivity index (χ0) is 21.9. The SMILES string of the molecule is CCC[C@H](CC(=O)C[C@@H](C)COCOCc1ccccc1)O[Si](C)(C)C(C)(C)C. The molecule has 0 aromatic heterocycles.